The van der Waals surface area contributed by atoms with E-state index in [9.17, 15) is 0 Å². The molecule has 2 rings (SSSR count). The molecule has 1 aromatic heterocycles. The molecule has 0 bridgehead atoms. The highest BCUT2D eigenvalue weighted by Crippen LogP contribution is 2.30. The maximum atomic E-state index is 5.49. The Morgan fingerprint density at radius 2 is 2.24 bits per heavy atom. The Kier molecular flexibility index (Phi) is 3.98. The van der Waals surface area contributed by atoms with E-state index in [4.69, 9.17) is 4.74 Å². The summed E-state index contributed by atoms with van der Waals surface area (Å²) < 4.78 is 5.49. The van der Waals surface area contributed by atoms with Crippen LogP contribution in [0.15, 0.2) is 30.5 Å². The van der Waals surface area contributed by atoms with Gasteiger partial charge in [0.15, 0.2) is 5.13 Å². The molecule has 1 aromatic carbocycles. The highest BCUT2D eigenvalue weighted by atomic mass is 32.1. The van der Waals surface area contributed by atoms with Crippen molar-refractivity contribution in [2.24, 2.45) is 0 Å². The first kappa shape index (κ1) is 11.9. The molecule has 0 aliphatic rings. The van der Waals surface area contributed by atoms with Crippen LogP contribution in [0.4, 0.5) is 5.13 Å². The SMILES string of the molecule is CCNc1ncc(-c2cccc(OCC)c2)s1. The average molecular weight is 248 g/mol. The molecule has 0 atom stereocenters. The minimum absolute atomic E-state index is 0.689. The van der Waals surface area contributed by atoms with E-state index in [1.165, 1.54) is 0 Å². The first-order valence-electron chi connectivity index (χ1n) is 5.76. The number of nitrogens with one attached hydrogen (secondary N) is 1. The van der Waals surface area contributed by atoms with Crippen LogP contribution in [0.5, 0.6) is 5.75 Å². The molecule has 0 radical (unpaired) electrons. The summed E-state index contributed by atoms with van der Waals surface area (Å²) in [7, 11) is 0. The van der Waals surface area contributed by atoms with Gasteiger partial charge in [0.05, 0.1) is 11.5 Å². The van der Waals surface area contributed by atoms with E-state index in [1.54, 1.807) is 11.3 Å². The maximum absolute atomic E-state index is 5.49. The summed E-state index contributed by atoms with van der Waals surface area (Å²) in [6, 6.07) is 8.10. The molecule has 17 heavy (non-hydrogen) atoms. The standard InChI is InChI=1S/C13H16N2OS/c1-3-14-13-15-9-12(17-13)10-6-5-7-11(8-10)16-4-2/h5-9H,3-4H2,1-2H3,(H,14,15). The molecule has 0 saturated carbocycles. The van der Waals surface area contributed by atoms with Gasteiger partial charge in [-0.05, 0) is 31.5 Å². The Bertz CT molecular complexity index is 482. The third kappa shape index (κ3) is 2.97. The van der Waals surface area contributed by atoms with Crippen molar-refractivity contribution >= 4 is 16.5 Å². The Balaban J connectivity index is 2.22. The van der Waals surface area contributed by atoms with E-state index >= 15 is 0 Å². The Morgan fingerprint density at radius 3 is 3.00 bits per heavy atom. The summed E-state index contributed by atoms with van der Waals surface area (Å²) in [6.07, 6.45) is 1.90. The molecule has 0 saturated heterocycles. The van der Waals surface area contributed by atoms with Crippen molar-refractivity contribution < 1.29 is 4.74 Å². The van der Waals surface area contributed by atoms with Crippen LogP contribution < -0.4 is 10.1 Å². The van der Waals surface area contributed by atoms with E-state index in [2.05, 4.69) is 23.3 Å². The van der Waals surface area contributed by atoms with Crippen LogP contribution in [-0.4, -0.2) is 18.1 Å². The van der Waals surface area contributed by atoms with Crippen molar-refractivity contribution in [1.29, 1.82) is 0 Å². The summed E-state index contributed by atoms with van der Waals surface area (Å²) in [5.74, 6) is 0.906. The smallest absolute Gasteiger partial charge is 0.183 e. The molecule has 1 heterocycles. The van der Waals surface area contributed by atoms with Gasteiger partial charge in [-0.3, -0.25) is 0 Å². The lowest BCUT2D eigenvalue weighted by Gasteiger charge is -2.04. The fourth-order valence-electron chi connectivity index (χ4n) is 1.55. The van der Waals surface area contributed by atoms with E-state index in [0.717, 1.165) is 27.9 Å². The molecule has 0 amide bonds. The lowest BCUT2D eigenvalue weighted by Crippen LogP contribution is -1.94. The average Bonchev–Trinajstić information content (AvgIpc) is 2.79. The van der Waals surface area contributed by atoms with Gasteiger partial charge in [0.1, 0.15) is 5.75 Å². The van der Waals surface area contributed by atoms with Crippen molar-refractivity contribution in [3.8, 4) is 16.2 Å². The van der Waals surface area contributed by atoms with Gasteiger partial charge in [0.2, 0.25) is 0 Å². The molecule has 90 valence electrons. The number of rotatable bonds is 5. The van der Waals surface area contributed by atoms with Gasteiger partial charge in [-0.25, -0.2) is 4.98 Å². The maximum Gasteiger partial charge on any atom is 0.183 e. The lowest BCUT2D eigenvalue weighted by molar-refractivity contribution is 0.340. The lowest BCUT2D eigenvalue weighted by atomic mass is 10.2. The summed E-state index contributed by atoms with van der Waals surface area (Å²) >= 11 is 1.66. The van der Waals surface area contributed by atoms with Gasteiger partial charge in [0.25, 0.3) is 0 Å². The summed E-state index contributed by atoms with van der Waals surface area (Å²) in [5, 5.41) is 4.18. The van der Waals surface area contributed by atoms with Gasteiger partial charge in [-0.15, -0.1) is 0 Å². The highest BCUT2D eigenvalue weighted by molar-refractivity contribution is 7.18. The third-order valence-electron chi connectivity index (χ3n) is 2.26. The molecule has 2 aromatic rings. The summed E-state index contributed by atoms with van der Waals surface area (Å²) in [4.78, 5) is 5.48. The first-order chi connectivity index (χ1) is 8.33. The second-order valence-electron chi connectivity index (χ2n) is 3.52. The van der Waals surface area contributed by atoms with Gasteiger partial charge in [-0.2, -0.15) is 0 Å². The summed E-state index contributed by atoms with van der Waals surface area (Å²) in [6.45, 7) is 5.64. The number of hydrogen-bond acceptors (Lipinski definition) is 4. The van der Waals surface area contributed by atoms with Gasteiger partial charge < -0.3 is 10.1 Å². The Hall–Kier alpha value is -1.55. The fraction of sp³-hybridized carbons (Fsp3) is 0.308. The second kappa shape index (κ2) is 5.68. The van der Waals surface area contributed by atoms with E-state index in [-0.39, 0.29) is 0 Å². The number of hydrogen-bond donors (Lipinski definition) is 1. The Labute approximate surface area is 105 Å². The highest BCUT2D eigenvalue weighted by Gasteiger charge is 2.04. The van der Waals surface area contributed by atoms with Gasteiger partial charge in [0, 0.05) is 12.7 Å². The van der Waals surface area contributed by atoms with Crippen LogP contribution in [0.25, 0.3) is 10.4 Å². The zero-order chi connectivity index (χ0) is 12.1. The number of nitrogens with zero attached hydrogens (tertiary/aromatic N) is 1. The van der Waals surface area contributed by atoms with Gasteiger partial charge >= 0.3 is 0 Å². The van der Waals surface area contributed by atoms with Crippen molar-refractivity contribution in [2.45, 2.75) is 13.8 Å². The van der Waals surface area contributed by atoms with Crippen molar-refractivity contribution in [2.75, 3.05) is 18.5 Å². The van der Waals surface area contributed by atoms with Gasteiger partial charge in [-0.1, -0.05) is 23.5 Å². The molecule has 4 heteroatoms. The predicted molar refractivity (Wildman–Crippen MR) is 72.9 cm³/mol. The number of thiazole rings is 1. The Morgan fingerprint density at radius 1 is 1.35 bits per heavy atom. The number of aromatic nitrogens is 1. The normalized spacial score (nSPS) is 10.2. The predicted octanol–water partition coefficient (Wildman–Crippen LogP) is 3.64. The largest absolute Gasteiger partial charge is 0.494 e. The van der Waals surface area contributed by atoms with Crippen LogP contribution in [-0.2, 0) is 0 Å². The minimum atomic E-state index is 0.689. The van der Waals surface area contributed by atoms with Crippen molar-refractivity contribution in [1.82, 2.24) is 4.98 Å². The second-order valence-corrected chi connectivity index (χ2v) is 4.55. The van der Waals surface area contributed by atoms with Crippen molar-refractivity contribution in [3.63, 3.8) is 0 Å². The fourth-order valence-corrected chi connectivity index (χ4v) is 2.43. The van der Waals surface area contributed by atoms with Crippen LogP contribution >= 0.6 is 11.3 Å². The van der Waals surface area contributed by atoms with Crippen LogP contribution in [0.2, 0.25) is 0 Å². The zero-order valence-corrected chi connectivity index (χ0v) is 10.9. The monoisotopic (exact) mass is 248 g/mol. The number of anilines is 1. The van der Waals surface area contributed by atoms with E-state index in [1.807, 2.05) is 31.3 Å². The van der Waals surface area contributed by atoms with Crippen LogP contribution in [0.3, 0.4) is 0 Å². The molecule has 3 nitrogen and oxygen atoms in total. The first-order valence-corrected chi connectivity index (χ1v) is 6.58. The van der Waals surface area contributed by atoms with Crippen LogP contribution in [0, 0.1) is 0 Å². The molecule has 0 spiro atoms. The van der Waals surface area contributed by atoms with E-state index in [0.29, 0.717) is 6.61 Å². The van der Waals surface area contributed by atoms with Crippen LogP contribution in [0.1, 0.15) is 13.8 Å². The molecule has 0 aliphatic carbocycles. The number of benzene rings is 1. The van der Waals surface area contributed by atoms with E-state index < -0.39 is 0 Å². The number of ether oxygens (including phenoxy) is 1. The molecular weight excluding hydrogens is 232 g/mol. The topological polar surface area (TPSA) is 34.2 Å². The molecule has 0 unspecified atom stereocenters. The molecule has 1 N–H and O–H groups in total. The quantitative estimate of drug-likeness (QED) is 0.877. The summed E-state index contributed by atoms with van der Waals surface area (Å²) in [5.41, 5.74) is 1.15. The molecule has 0 fully saturated rings. The zero-order valence-electron chi connectivity index (χ0n) is 10.1. The molecular formula is C13H16N2OS. The van der Waals surface area contributed by atoms with Crippen molar-refractivity contribution in [3.05, 3.63) is 30.5 Å². The minimum Gasteiger partial charge on any atom is -0.494 e. The third-order valence-corrected chi connectivity index (χ3v) is 3.27. The molecule has 0 aliphatic heterocycles.